The van der Waals surface area contributed by atoms with Crippen LogP contribution in [0.1, 0.15) is 24.2 Å². The van der Waals surface area contributed by atoms with E-state index in [0.29, 0.717) is 13.2 Å². The summed E-state index contributed by atoms with van der Waals surface area (Å²) >= 11 is 0. The molecule has 0 saturated heterocycles. The predicted octanol–water partition coefficient (Wildman–Crippen LogP) is 1.78. The van der Waals surface area contributed by atoms with Crippen molar-refractivity contribution >= 4 is 11.8 Å². The van der Waals surface area contributed by atoms with Crippen molar-refractivity contribution < 1.29 is 19.0 Å². The van der Waals surface area contributed by atoms with Gasteiger partial charge in [-0.1, -0.05) is 0 Å². The highest BCUT2D eigenvalue weighted by atomic mass is 19.1. The van der Waals surface area contributed by atoms with E-state index < -0.39 is 11.8 Å². The average molecular weight is 256 g/mol. The molecule has 0 saturated carbocycles. The van der Waals surface area contributed by atoms with Gasteiger partial charge in [0.05, 0.1) is 18.9 Å². The van der Waals surface area contributed by atoms with Gasteiger partial charge in [-0.2, -0.15) is 0 Å². The molecule has 0 aliphatic carbocycles. The molecule has 1 aromatic heterocycles. The van der Waals surface area contributed by atoms with E-state index in [9.17, 15) is 9.18 Å². The monoisotopic (exact) mass is 256 g/mol. The van der Waals surface area contributed by atoms with Gasteiger partial charge in [0.2, 0.25) is 0 Å². The quantitative estimate of drug-likeness (QED) is 0.840. The molecule has 1 rings (SSSR count). The first-order valence-electron chi connectivity index (χ1n) is 5.63. The third-order valence-corrected chi connectivity index (χ3v) is 2.30. The molecule has 0 bridgehead atoms. The lowest BCUT2D eigenvalue weighted by Crippen LogP contribution is -2.26. The van der Waals surface area contributed by atoms with E-state index in [1.165, 1.54) is 0 Å². The third kappa shape index (κ3) is 3.96. The number of carbonyl (C=O) groups is 1. The molecule has 0 atom stereocenters. The number of ether oxygens (including phenoxy) is 1. The van der Waals surface area contributed by atoms with Gasteiger partial charge < -0.3 is 14.7 Å². The number of rotatable bonds is 6. The molecule has 1 heterocycles. The van der Waals surface area contributed by atoms with Gasteiger partial charge >= 0.3 is 5.97 Å². The van der Waals surface area contributed by atoms with Gasteiger partial charge in [-0.25, -0.2) is 14.2 Å². The van der Waals surface area contributed by atoms with Crippen molar-refractivity contribution in [1.82, 2.24) is 4.98 Å². The van der Waals surface area contributed by atoms with Crippen molar-refractivity contribution in [1.29, 1.82) is 0 Å². The highest BCUT2D eigenvalue weighted by Crippen LogP contribution is 2.17. The van der Waals surface area contributed by atoms with Crippen molar-refractivity contribution in [3.63, 3.8) is 0 Å². The van der Waals surface area contributed by atoms with Gasteiger partial charge in [0.15, 0.2) is 0 Å². The fourth-order valence-corrected chi connectivity index (χ4v) is 1.42. The summed E-state index contributed by atoms with van der Waals surface area (Å²) in [6.07, 6.45) is 1.11. The molecule has 0 aromatic carbocycles. The number of pyridine rings is 1. The topological polar surface area (TPSA) is 62.7 Å². The molecular formula is C12H17FN2O3. The fourth-order valence-electron chi connectivity index (χ4n) is 1.42. The van der Waals surface area contributed by atoms with Crippen LogP contribution in [0.4, 0.5) is 10.2 Å². The zero-order chi connectivity index (χ0) is 13.7. The van der Waals surface area contributed by atoms with Gasteiger partial charge in [-0.3, -0.25) is 0 Å². The van der Waals surface area contributed by atoms with Crippen molar-refractivity contribution in [2.75, 3.05) is 25.1 Å². The summed E-state index contributed by atoms with van der Waals surface area (Å²) < 4.78 is 18.3. The summed E-state index contributed by atoms with van der Waals surface area (Å²) in [5.74, 6) is -1.63. The van der Waals surface area contributed by atoms with Crippen LogP contribution >= 0.6 is 0 Å². The Morgan fingerprint density at radius 3 is 2.83 bits per heavy atom. The lowest BCUT2D eigenvalue weighted by molar-refractivity contribution is 0.0695. The number of aromatic carboxylic acids is 1. The van der Waals surface area contributed by atoms with E-state index in [2.05, 4.69) is 4.98 Å². The minimum Gasteiger partial charge on any atom is -0.478 e. The molecule has 0 amide bonds. The summed E-state index contributed by atoms with van der Waals surface area (Å²) in [6, 6.07) is 0.963. The van der Waals surface area contributed by atoms with Crippen molar-refractivity contribution in [3.05, 3.63) is 23.6 Å². The van der Waals surface area contributed by atoms with Crippen LogP contribution in [0.25, 0.3) is 0 Å². The molecular weight excluding hydrogens is 239 g/mol. The molecule has 6 heteroatoms. The summed E-state index contributed by atoms with van der Waals surface area (Å²) in [6.45, 7) is 4.76. The Balaban J connectivity index is 2.78. The van der Waals surface area contributed by atoms with Gasteiger partial charge in [0, 0.05) is 13.6 Å². The predicted molar refractivity (Wildman–Crippen MR) is 65.5 cm³/mol. The zero-order valence-electron chi connectivity index (χ0n) is 10.7. The van der Waals surface area contributed by atoms with Crippen LogP contribution in [0.3, 0.4) is 0 Å². The first-order valence-corrected chi connectivity index (χ1v) is 5.63. The SMILES string of the molecule is CC(C)OCCN(C)c1ncc(F)cc1C(=O)O. The molecule has 0 fully saturated rings. The van der Waals surface area contributed by atoms with Crippen LogP contribution in [-0.2, 0) is 4.74 Å². The third-order valence-electron chi connectivity index (χ3n) is 2.30. The highest BCUT2D eigenvalue weighted by Gasteiger charge is 2.16. The number of aromatic nitrogens is 1. The number of carboxylic acid groups (broad SMARTS) is 1. The van der Waals surface area contributed by atoms with Crippen molar-refractivity contribution in [3.8, 4) is 0 Å². The second kappa shape index (κ2) is 6.30. The van der Waals surface area contributed by atoms with E-state index in [0.717, 1.165) is 12.3 Å². The number of hydrogen-bond acceptors (Lipinski definition) is 4. The number of nitrogens with zero attached hydrogens (tertiary/aromatic N) is 2. The Labute approximate surface area is 105 Å². The fraction of sp³-hybridized carbons (Fsp3) is 0.500. The molecule has 100 valence electrons. The minimum atomic E-state index is -1.20. The Morgan fingerprint density at radius 1 is 1.61 bits per heavy atom. The maximum atomic E-state index is 13.0. The van der Waals surface area contributed by atoms with Crippen LogP contribution < -0.4 is 4.90 Å². The summed E-state index contributed by atoms with van der Waals surface area (Å²) in [7, 11) is 1.69. The molecule has 5 nitrogen and oxygen atoms in total. The van der Waals surface area contributed by atoms with Crippen LogP contribution in [0.5, 0.6) is 0 Å². The number of hydrogen-bond donors (Lipinski definition) is 1. The zero-order valence-corrected chi connectivity index (χ0v) is 10.7. The Kier molecular flexibility index (Phi) is 5.03. The highest BCUT2D eigenvalue weighted by molar-refractivity contribution is 5.93. The van der Waals surface area contributed by atoms with Crippen molar-refractivity contribution in [2.24, 2.45) is 0 Å². The first-order chi connectivity index (χ1) is 8.41. The molecule has 0 spiro atoms. The summed E-state index contributed by atoms with van der Waals surface area (Å²) in [5, 5.41) is 8.99. The average Bonchev–Trinajstić information content (AvgIpc) is 2.28. The van der Waals surface area contributed by atoms with Crippen molar-refractivity contribution in [2.45, 2.75) is 20.0 Å². The molecule has 0 radical (unpaired) electrons. The van der Waals surface area contributed by atoms with Crippen LogP contribution in [0.15, 0.2) is 12.3 Å². The maximum absolute atomic E-state index is 13.0. The molecule has 0 unspecified atom stereocenters. The Morgan fingerprint density at radius 2 is 2.28 bits per heavy atom. The van der Waals surface area contributed by atoms with Gasteiger partial charge in [-0.05, 0) is 19.9 Å². The molecule has 1 N–H and O–H groups in total. The second-order valence-electron chi connectivity index (χ2n) is 4.17. The van der Waals surface area contributed by atoms with Gasteiger partial charge in [0.1, 0.15) is 17.2 Å². The number of carboxylic acids is 1. The van der Waals surface area contributed by atoms with E-state index in [-0.39, 0.29) is 17.5 Å². The van der Waals surface area contributed by atoms with E-state index >= 15 is 0 Å². The van der Waals surface area contributed by atoms with E-state index in [1.807, 2.05) is 13.8 Å². The Bertz CT molecular complexity index is 424. The molecule has 0 aliphatic heterocycles. The second-order valence-corrected chi connectivity index (χ2v) is 4.17. The normalized spacial score (nSPS) is 10.7. The number of halogens is 1. The molecule has 0 aliphatic rings. The van der Waals surface area contributed by atoms with Gasteiger partial charge in [0.25, 0.3) is 0 Å². The van der Waals surface area contributed by atoms with Gasteiger partial charge in [-0.15, -0.1) is 0 Å². The van der Waals surface area contributed by atoms with Crippen LogP contribution in [0.2, 0.25) is 0 Å². The summed E-state index contributed by atoms with van der Waals surface area (Å²) in [4.78, 5) is 16.4. The van der Waals surface area contributed by atoms with E-state index in [4.69, 9.17) is 9.84 Å². The molecule has 1 aromatic rings. The van der Waals surface area contributed by atoms with Crippen LogP contribution in [0, 0.1) is 5.82 Å². The maximum Gasteiger partial charge on any atom is 0.339 e. The smallest absolute Gasteiger partial charge is 0.339 e. The minimum absolute atomic E-state index is 0.110. The standard InChI is InChI=1S/C12H17FN2O3/c1-8(2)18-5-4-15(3)11-10(12(16)17)6-9(13)7-14-11/h6-8H,4-5H2,1-3H3,(H,16,17). The largest absolute Gasteiger partial charge is 0.478 e. The Hall–Kier alpha value is -1.69. The summed E-state index contributed by atoms with van der Waals surface area (Å²) in [5.41, 5.74) is -0.151. The first kappa shape index (κ1) is 14.4. The lowest BCUT2D eigenvalue weighted by Gasteiger charge is -2.20. The van der Waals surface area contributed by atoms with Crippen LogP contribution in [-0.4, -0.2) is 42.4 Å². The number of anilines is 1. The lowest BCUT2D eigenvalue weighted by atomic mass is 10.2. The molecule has 18 heavy (non-hydrogen) atoms. The van der Waals surface area contributed by atoms with E-state index in [1.54, 1.807) is 11.9 Å². The number of likely N-dealkylation sites (N-methyl/N-ethyl adjacent to an activating group) is 1.